The summed E-state index contributed by atoms with van der Waals surface area (Å²) in [5, 5.41) is 0.671. The second kappa shape index (κ2) is 8.90. The number of pyridine rings is 1. The Kier molecular flexibility index (Phi) is 5.83. The molecule has 1 atom stereocenters. The normalized spacial score (nSPS) is 19.0. The Labute approximate surface area is 192 Å². The monoisotopic (exact) mass is 452 g/mol. The molecule has 1 aromatic carbocycles. The van der Waals surface area contributed by atoms with Gasteiger partial charge in [-0.25, -0.2) is 14.4 Å². The summed E-state index contributed by atoms with van der Waals surface area (Å²) in [6, 6.07) is 12.5. The first-order chi connectivity index (χ1) is 15.6. The van der Waals surface area contributed by atoms with Crippen molar-refractivity contribution in [3.05, 3.63) is 59.5 Å². The van der Waals surface area contributed by atoms with Crippen LogP contribution in [-0.4, -0.2) is 53.7 Å². The third-order valence-electron chi connectivity index (χ3n) is 6.19. The molecule has 0 amide bonds. The van der Waals surface area contributed by atoms with E-state index in [4.69, 9.17) is 21.6 Å². The van der Waals surface area contributed by atoms with E-state index in [2.05, 4.69) is 26.6 Å². The van der Waals surface area contributed by atoms with Crippen LogP contribution in [0.4, 0.5) is 22.0 Å². The van der Waals surface area contributed by atoms with Crippen LogP contribution in [0.3, 0.4) is 0 Å². The van der Waals surface area contributed by atoms with Gasteiger partial charge in [-0.2, -0.15) is 4.98 Å². The van der Waals surface area contributed by atoms with Crippen molar-refractivity contribution in [2.75, 3.05) is 47.4 Å². The molecular weight excluding hydrogens is 427 g/mol. The molecule has 2 saturated heterocycles. The minimum Gasteiger partial charge on any atom is -0.352 e. The van der Waals surface area contributed by atoms with Gasteiger partial charge in [-0.3, -0.25) is 0 Å². The smallest absolute Gasteiger partial charge is 0.227 e. The van der Waals surface area contributed by atoms with Crippen LogP contribution in [0.2, 0.25) is 5.02 Å². The fraction of sp³-hybridized carbons (Fsp3) is 0.375. The third-order valence-corrected chi connectivity index (χ3v) is 6.49. The summed E-state index contributed by atoms with van der Waals surface area (Å²) in [4.78, 5) is 21.1. The Morgan fingerprint density at radius 1 is 0.969 bits per heavy atom. The molecule has 4 heterocycles. The molecule has 5 rings (SSSR count). The summed E-state index contributed by atoms with van der Waals surface area (Å²) in [5.41, 5.74) is 1.71. The fourth-order valence-electron chi connectivity index (χ4n) is 4.50. The highest BCUT2D eigenvalue weighted by Gasteiger charge is 2.28. The van der Waals surface area contributed by atoms with Crippen molar-refractivity contribution in [2.24, 2.45) is 0 Å². The van der Waals surface area contributed by atoms with Gasteiger partial charge < -0.3 is 14.7 Å². The Balaban J connectivity index is 1.45. The van der Waals surface area contributed by atoms with Crippen LogP contribution >= 0.6 is 11.6 Å². The predicted molar refractivity (Wildman–Crippen MR) is 127 cm³/mol. The van der Waals surface area contributed by atoms with Crippen LogP contribution < -0.4 is 14.7 Å². The maximum absolute atomic E-state index is 13.5. The number of aromatic nitrogens is 3. The van der Waals surface area contributed by atoms with Crippen molar-refractivity contribution in [1.82, 2.24) is 15.0 Å². The summed E-state index contributed by atoms with van der Waals surface area (Å²) in [6.45, 7) is 6.52. The van der Waals surface area contributed by atoms with E-state index < -0.39 is 0 Å². The zero-order chi connectivity index (χ0) is 22.1. The topological polar surface area (TPSA) is 48.4 Å². The van der Waals surface area contributed by atoms with Crippen LogP contribution in [0.1, 0.15) is 19.8 Å². The zero-order valence-corrected chi connectivity index (χ0v) is 18.8. The molecule has 8 heteroatoms. The van der Waals surface area contributed by atoms with E-state index in [0.717, 1.165) is 74.4 Å². The maximum atomic E-state index is 13.5. The first-order valence-corrected chi connectivity index (χ1v) is 11.5. The highest BCUT2D eigenvalue weighted by atomic mass is 35.5. The van der Waals surface area contributed by atoms with Crippen molar-refractivity contribution in [3.63, 3.8) is 0 Å². The van der Waals surface area contributed by atoms with E-state index in [0.29, 0.717) is 5.02 Å². The van der Waals surface area contributed by atoms with E-state index >= 15 is 0 Å². The molecule has 3 aromatic rings. The first-order valence-electron chi connectivity index (χ1n) is 11.1. The molecule has 0 saturated carbocycles. The van der Waals surface area contributed by atoms with Gasteiger partial charge >= 0.3 is 0 Å². The van der Waals surface area contributed by atoms with Crippen LogP contribution in [-0.2, 0) is 0 Å². The summed E-state index contributed by atoms with van der Waals surface area (Å²) < 4.78 is 13.5. The molecule has 6 nitrogen and oxygen atoms in total. The lowest BCUT2D eigenvalue weighted by Gasteiger charge is -2.41. The van der Waals surface area contributed by atoms with Gasteiger partial charge in [0, 0.05) is 56.6 Å². The van der Waals surface area contributed by atoms with E-state index in [9.17, 15) is 4.39 Å². The molecule has 32 heavy (non-hydrogen) atoms. The standard InChI is InChI=1S/C24H26ClFN6/c1-17-16-31(23-20(25)5-4-10-27-23)13-14-32(17)22-15-21(18-6-8-19(26)9-7-18)28-24(29-22)30-11-2-3-12-30/h4-10,15,17H,2-3,11-14,16H2,1H3. The highest BCUT2D eigenvalue weighted by molar-refractivity contribution is 6.32. The van der Waals surface area contributed by atoms with E-state index in [1.165, 1.54) is 12.1 Å². The minimum atomic E-state index is -0.249. The van der Waals surface area contributed by atoms with Crippen LogP contribution in [0.15, 0.2) is 48.7 Å². The molecule has 2 fully saturated rings. The van der Waals surface area contributed by atoms with Crippen LogP contribution in [0, 0.1) is 5.82 Å². The number of hydrogen-bond donors (Lipinski definition) is 0. The minimum absolute atomic E-state index is 0.212. The molecule has 2 aliphatic rings. The number of nitrogens with zero attached hydrogens (tertiary/aromatic N) is 6. The predicted octanol–water partition coefficient (Wildman–Crippen LogP) is 4.65. The molecule has 166 valence electrons. The molecule has 2 aromatic heterocycles. The lowest BCUT2D eigenvalue weighted by atomic mass is 10.1. The third kappa shape index (κ3) is 4.21. The van der Waals surface area contributed by atoms with Gasteiger partial charge in [-0.1, -0.05) is 11.6 Å². The molecule has 0 aliphatic carbocycles. The van der Waals surface area contributed by atoms with E-state index in [1.54, 1.807) is 18.3 Å². The van der Waals surface area contributed by atoms with E-state index in [1.807, 2.05) is 18.2 Å². The Morgan fingerprint density at radius 3 is 2.47 bits per heavy atom. The molecule has 0 spiro atoms. The number of anilines is 3. The maximum Gasteiger partial charge on any atom is 0.227 e. The van der Waals surface area contributed by atoms with Gasteiger partial charge in [-0.15, -0.1) is 0 Å². The number of halogens is 2. The molecular formula is C24H26ClFN6. The summed E-state index contributed by atoms with van der Waals surface area (Å²) in [7, 11) is 0. The summed E-state index contributed by atoms with van der Waals surface area (Å²) in [5.74, 6) is 2.23. The highest BCUT2D eigenvalue weighted by Crippen LogP contribution is 2.30. The van der Waals surface area contributed by atoms with Crippen molar-refractivity contribution in [2.45, 2.75) is 25.8 Å². The fourth-order valence-corrected chi connectivity index (χ4v) is 4.74. The largest absolute Gasteiger partial charge is 0.352 e. The Hall–Kier alpha value is -2.93. The van der Waals surface area contributed by atoms with Gasteiger partial charge in [0.05, 0.1) is 10.7 Å². The number of piperazine rings is 1. The van der Waals surface area contributed by atoms with Gasteiger partial charge in [0.1, 0.15) is 17.5 Å². The number of benzene rings is 1. The average Bonchev–Trinajstić information content (AvgIpc) is 3.35. The van der Waals surface area contributed by atoms with Crippen LogP contribution in [0.25, 0.3) is 11.3 Å². The molecule has 0 bridgehead atoms. The second-order valence-corrected chi connectivity index (χ2v) is 8.82. The van der Waals surface area contributed by atoms with Crippen molar-refractivity contribution >= 4 is 29.2 Å². The summed E-state index contributed by atoms with van der Waals surface area (Å²) >= 11 is 6.38. The Morgan fingerprint density at radius 2 is 1.75 bits per heavy atom. The van der Waals surface area contributed by atoms with E-state index in [-0.39, 0.29) is 11.9 Å². The van der Waals surface area contributed by atoms with Gasteiger partial charge in [-0.05, 0) is 56.2 Å². The van der Waals surface area contributed by atoms with Crippen LogP contribution in [0.5, 0.6) is 0 Å². The average molecular weight is 453 g/mol. The molecule has 2 aliphatic heterocycles. The quantitative estimate of drug-likeness (QED) is 0.574. The van der Waals surface area contributed by atoms with Gasteiger partial charge in [0.25, 0.3) is 0 Å². The van der Waals surface area contributed by atoms with Gasteiger partial charge in [0.2, 0.25) is 5.95 Å². The van der Waals surface area contributed by atoms with Crippen molar-refractivity contribution < 1.29 is 4.39 Å². The van der Waals surface area contributed by atoms with Crippen molar-refractivity contribution in [1.29, 1.82) is 0 Å². The molecule has 1 unspecified atom stereocenters. The lowest BCUT2D eigenvalue weighted by molar-refractivity contribution is 0.542. The molecule has 0 N–H and O–H groups in total. The zero-order valence-electron chi connectivity index (χ0n) is 18.1. The SMILES string of the molecule is CC1CN(c2ncccc2Cl)CCN1c1cc(-c2ccc(F)cc2)nc(N2CCCC2)n1. The summed E-state index contributed by atoms with van der Waals surface area (Å²) in [6.07, 6.45) is 4.08. The second-order valence-electron chi connectivity index (χ2n) is 8.41. The Bertz CT molecular complexity index is 1090. The first kappa shape index (κ1) is 20.9. The number of rotatable bonds is 4. The lowest BCUT2D eigenvalue weighted by Crippen LogP contribution is -2.52. The van der Waals surface area contributed by atoms with Gasteiger partial charge in [0.15, 0.2) is 0 Å². The van der Waals surface area contributed by atoms with Crippen molar-refractivity contribution in [3.8, 4) is 11.3 Å². The molecule has 0 radical (unpaired) electrons. The number of hydrogen-bond acceptors (Lipinski definition) is 6.